The molecule has 0 radical (unpaired) electrons. The molecular weight excluding hydrogens is 298 g/mol. The van der Waals surface area contributed by atoms with E-state index in [9.17, 15) is 0 Å². The fraction of sp³-hybridized carbons (Fsp3) is 0.333. The van der Waals surface area contributed by atoms with Crippen molar-refractivity contribution in [3.63, 3.8) is 0 Å². The maximum Gasteiger partial charge on any atom is 0.268 e. The molecule has 0 unspecified atom stereocenters. The van der Waals surface area contributed by atoms with Crippen LogP contribution in [-0.4, -0.2) is 26.9 Å². The van der Waals surface area contributed by atoms with Crippen LogP contribution in [0.1, 0.15) is 29.5 Å². The second kappa shape index (κ2) is 5.58. The molecular formula is C15H15N5OS. The Balaban J connectivity index is 1.59. The molecule has 7 heteroatoms. The van der Waals surface area contributed by atoms with Crippen LogP contribution < -0.4 is 5.32 Å². The Morgan fingerprint density at radius 3 is 2.95 bits per heavy atom. The Kier molecular flexibility index (Phi) is 3.44. The largest absolute Gasteiger partial charge is 0.333 e. The third kappa shape index (κ3) is 2.53. The van der Waals surface area contributed by atoms with Gasteiger partial charge in [0.1, 0.15) is 5.69 Å². The lowest BCUT2D eigenvalue weighted by molar-refractivity contribution is 0.433. The minimum atomic E-state index is 0.462. The fourth-order valence-corrected chi connectivity index (χ4v) is 3.57. The van der Waals surface area contributed by atoms with Gasteiger partial charge in [0.2, 0.25) is 5.82 Å². The first-order valence-corrected chi connectivity index (χ1v) is 8.09. The van der Waals surface area contributed by atoms with Crippen LogP contribution in [0, 0.1) is 6.92 Å². The van der Waals surface area contributed by atoms with Crippen LogP contribution in [0.15, 0.2) is 28.8 Å². The van der Waals surface area contributed by atoms with Gasteiger partial charge in [-0.15, -0.1) is 16.4 Å². The summed E-state index contributed by atoms with van der Waals surface area (Å²) in [5.74, 6) is 1.00. The molecule has 4 heterocycles. The number of nitrogens with one attached hydrogen (secondary N) is 1. The van der Waals surface area contributed by atoms with Gasteiger partial charge in [0.15, 0.2) is 0 Å². The van der Waals surface area contributed by atoms with Crippen LogP contribution >= 0.6 is 11.3 Å². The first kappa shape index (κ1) is 13.5. The number of nitrogens with zero attached hydrogens (tertiary/aromatic N) is 4. The maximum absolute atomic E-state index is 5.37. The summed E-state index contributed by atoms with van der Waals surface area (Å²) >= 11 is 1.70. The van der Waals surface area contributed by atoms with Crippen LogP contribution in [0.2, 0.25) is 0 Å². The Hall–Kier alpha value is -2.12. The molecule has 1 aliphatic heterocycles. The van der Waals surface area contributed by atoms with Gasteiger partial charge in [0, 0.05) is 10.9 Å². The summed E-state index contributed by atoms with van der Waals surface area (Å²) in [5, 5.41) is 15.6. The molecule has 1 saturated heterocycles. The highest BCUT2D eigenvalue weighted by Gasteiger charge is 2.20. The minimum absolute atomic E-state index is 0.462. The van der Waals surface area contributed by atoms with Gasteiger partial charge in [0.05, 0.1) is 10.6 Å². The summed E-state index contributed by atoms with van der Waals surface area (Å²) in [5.41, 5.74) is 1.48. The number of hydrogen-bond acceptors (Lipinski definition) is 7. The highest BCUT2D eigenvalue weighted by Crippen LogP contribution is 2.34. The third-order valence-electron chi connectivity index (χ3n) is 3.69. The second-order valence-electron chi connectivity index (χ2n) is 5.33. The van der Waals surface area contributed by atoms with Crippen molar-refractivity contribution in [3.8, 4) is 22.3 Å². The molecule has 22 heavy (non-hydrogen) atoms. The first-order chi connectivity index (χ1) is 10.8. The molecule has 1 fully saturated rings. The van der Waals surface area contributed by atoms with Gasteiger partial charge in [0.25, 0.3) is 5.89 Å². The van der Waals surface area contributed by atoms with Crippen molar-refractivity contribution < 1.29 is 4.52 Å². The highest BCUT2D eigenvalue weighted by molar-refractivity contribution is 7.15. The van der Waals surface area contributed by atoms with Gasteiger partial charge < -0.3 is 9.84 Å². The summed E-state index contributed by atoms with van der Waals surface area (Å²) in [6.45, 7) is 2.98. The normalized spacial score (nSPS) is 18.0. The summed E-state index contributed by atoms with van der Waals surface area (Å²) < 4.78 is 5.37. The maximum atomic E-state index is 5.37. The zero-order chi connectivity index (χ0) is 14.9. The molecule has 3 aromatic heterocycles. The van der Waals surface area contributed by atoms with E-state index in [1.165, 1.54) is 17.7 Å². The molecule has 0 bridgehead atoms. The van der Waals surface area contributed by atoms with E-state index in [4.69, 9.17) is 4.52 Å². The molecule has 0 aliphatic carbocycles. The highest BCUT2D eigenvalue weighted by atomic mass is 32.1. The topological polar surface area (TPSA) is 76.7 Å². The molecule has 0 saturated carbocycles. The molecule has 3 aromatic rings. The van der Waals surface area contributed by atoms with Crippen LogP contribution in [0.4, 0.5) is 0 Å². The molecule has 112 valence electrons. The van der Waals surface area contributed by atoms with Crippen LogP contribution in [0.5, 0.6) is 0 Å². The van der Waals surface area contributed by atoms with E-state index in [1.54, 1.807) is 11.3 Å². The lowest BCUT2D eigenvalue weighted by Gasteiger charge is -2.05. The molecule has 4 rings (SSSR count). The molecule has 1 aliphatic rings. The summed E-state index contributed by atoms with van der Waals surface area (Å²) in [4.78, 5) is 6.74. The number of rotatable bonds is 3. The van der Waals surface area contributed by atoms with Gasteiger partial charge >= 0.3 is 0 Å². The van der Waals surface area contributed by atoms with E-state index >= 15 is 0 Å². The van der Waals surface area contributed by atoms with E-state index in [1.807, 2.05) is 25.1 Å². The van der Waals surface area contributed by atoms with Crippen molar-refractivity contribution in [2.75, 3.05) is 6.54 Å². The van der Waals surface area contributed by atoms with Crippen molar-refractivity contribution >= 4 is 11.3 Å². The first-order valence-electron chi connectivity index (χ1n) is 7.27. The summed E-state index contributed by atoms with van der Waals surface area (Å²) in [7, 11) is 0. The second-order valence-corrected chi connectivity index (χ2v) is 6.45. The van der Waals surface area contributed by atoms with E-state index in [0.29, 0.717) is 23.5 Å². The quantitative estimate of drug-likeness (QED) is 0.801. The van der Waals surface area contributed by atoms with Crippen LogP contribution in [0.25, 0.3) is 22.3 Å². The lowest BCUT2D eigenvalue weighted by atomic mass is 10.2. The van der Waals surface area contributed by atoms with Gasteiger partial charge in [-0.3, -0.25) is 0 Å². The van der Waals surface area contributed by atoms with Gasteiger partial charge in [-0.1, -0.05) is 5.16 Å². The fourth-order valence-electron chi connectivity index (χ4n) is 2.53. The number of aryl methyl sites for hydroxylation is 1. The zero-order valence-electron chi connectivity index (χ0n) is 12.1. The van der Waals surface area contributed by atoms with Gasteiger partial charge in [-0.05, 0) is 50.6 Å². The third-order valence-corrected chi connectivity index (χ3v) is 4.88. The molecule has 1 atom stereocenters. The monoisotopic (exact) mass is 313 g/mol. The van der Waals surface area contributed by atoms with Crippen LogP contribution in [-0.2, 0) is 0 Å². The Labute approximate surface area is 131 Å². The number of aromatic nitrogens is 4. The lowest BCUT2D eigenvalue weighted by Crippen LogP contribution is -2.11. The predicted octanol–water partition coefficient (Wildman–Crippen LogP) is 2.99. The SMILES string of the molecule is Cc1ccc(-c2noc(-c3ccc([C@@H]4CCCN4)s3)n2)nn1. The standard InChI is InChI=1S/C15H15N5OS/c1-9-4-5-11(19-18-9)14-17-15(21-20-14)13-7-6-12(22-13)10-3-2-8-16-10/h4-7,10,16H,2-3,8H2,1H3/t10-/m0/s1. The van der Waals surface area contributed by atoms with Crippen molar-refractivity contribution in [3.05, 3.63) is 34.8 Å². The van der Waals surface area contributed by atoms with Crippen molar-refractivity contribution in [2.24, 2.45) is 0 Å². The predicted molar refractivity (Wildman–Crippen MR) is 83.4 cm³/mol. The van der Waals surface area contributed by atoms with Crippen molar-refractivity contribution in [1.29, 1.82) is 0 Å². The number of thiophene rings is 1. The van der Waals surface area contributed by atoms with Gasteiger partial charge in [-0.2, -0.15) is 10.1 Å². The van der Waals surface area contributed by atoms with Crippen molar-refractivity contribution in [1.82, 2.24) is 25.7 Å². The van der Waals surface area contributed by atoms with E-state index in [0.717, 1.165) is 17.1 Å². The van der Waals surface area contributed by atoms with Crippen LogP contribution in [0.3, 0.4) is 0 Å². The Morgan fingerprint density at radius 2 is 2.18 bits per heavy atom. The van der Waals surface area contributed by atoms with E-state index in [-0.39, 0.29) is 0 Å². The molecule has 0 amide bonds. The van der Waals surface area contributed by atoms with Crippen molar-refractivity contribution in [2.45, 2.75) is 25.8 Å². The van der Waals surface area contributed by atoms with Gasteiger partial charge in [-0.25, -0.2) is 0 Å². The average molecular weight is 313 g/mol. The number of hydrogen-bond donors (Lipinski definition) is 1. The average Bonchev–Trinajstić information content (AvgIpc) is 3.27. The molecule has 6 nitrogen and oxygen atoms in total. The molecule has 0 aromatic carbocycles. The Morgan fingerprint density at radius 1 is 1.23 bits per heavy atom. The minimum Gasteiger partial charge on any atom is -0.333 e. The zero-order valence-corrected chi connectivity index (χ0v) is 12.9. The molecule has 0 spiro atoms. The smallest absolute Gasteiger partial charge is 0.268 e. The summed E-state index contributed by atoms with van der Waals surface area (Å²) in [6.07, 6.45) is 2.42. The summed E-state index contributed by atoms with van der Waals surface area (Å²) in [6, 6.07) is 8.37. The van der Waals surface area contributed by atoms with E-state index in [2.05, 4.69) is 31.7 Å². The van der Waals surface area contributed by atoms with E-state index < -0.39 is 0 Å². The molecule has 1 N–H and O–H groups in total. The Bertz CT molecular complexity index is 773.